The van der Waals surface area contributed by atoms with Crippen LogP contribution in [0.15, 0.2) is 66.7 Å². The second kappa shape index (κ2) is 12.0. The Hall–Kier alpha value is -3.20. The van der Waals surface area contributed by atoms with Crippen LogP contribution in [0.2, 0.25) is 5.02 Å². The summed E-state index contributed by atoms with van der Waals surface area (Å²) in [7, 11) is 1.93. The first-order valence-corrected chi connectivity index (χ1v) is 14.7. The van der Waals surface area contributed by atoms with E-state index in [0.717, 1.165) is 35.8 Å². The zero-order valence-corrected chi connectivity index (χ0v) is 24.3. The zero-order chi connectivity index (χ0) is 29.3. The first kappa shape index (κ1) is 29.3. The number of rotatable bonds is 8. The van der Waals surface area contributed by atoms with Gasteiger partial charge >= 0.3 is 5.92 Å². The molecule has 4 nitrogen and oxygen atoms in total. The summed E-state index contributed by atoms with van der Waals surface area (Å²) in [6, 6.07) is 18.3. The second-order valence-electron chi connectivity index (χ2n) is 10.6. The maximum absolute atomic E-state index is 15.2. The van der Waals surface area contributed by atoms with Crippen LogP contribution in [-0.4, -0.2) is 41.6 Å². The fourth-order valence-electron chi connectivity index (χ4n) is 5.45. The Morgan fingerprint density at radius 1 is 1.00 bits per heavy atom. The molecule has 1 heterocycles. The molecule has 214 valence electrons. The molecule has 3 aromatic carbocycles. The number of fused-ring (bicyclic) bond motifs is 1. The van der Waals surface area contributed by atoms with Gasteiger partial charge in [-0.1, -0.05) is 60.1 Å². The van der Waals surface area contributed by atoms with Crippen LogP contribution in [0, 0.1) is 5.82 Å². The lowest BCUT2D eigenvalue weighted by Crippen LogP contribution is -2.44. The standard InChI is InChI=1S/C32H30ClF3N2O2S/c1-32(35,36)30(39)20-9-7-19(8-10-20)21-11-16-26(34)22(17-21)18-38(24-14-12-23(37-2)13-15-24)31(40)29-28(33)25-5-3-4-6-27(25)41-29/h3-11,16-17,23-24,37H,12-15,18H2,1-2H3. The summed E-state index contributed by atoms with van der Waals surface area (Å²) in [4.78, 5) is 28.2. The van der Waals surface area contributed by atoms with E-state index in [4.69, 9.17) is 11.6 Å². The molecule has 0 aliphatic heterocycles. The van der Waals surface area contributed by atoms with Gasteiger partial charge in [-0.15, -0.1) is 11.3 Å². The number of amides is 1. The first-order valence-electron chi connectivity index (χ1n) is 13.5. The largest absolute Gasteiger partial charge is 0.330 e. The Labute approximate surface area is 246 Å². The summed E-state index contributed by atoms with van der Waals surface area (Å²) in [5.41, 5.74) is 1.53. The van der Waals surface area contributed by atoms with Crippen molar-refractivity contribution in [3.8, 4) is 11.1 Å². The minimum absolute atomic E-state index is 0.0522. The van der Waals surface area contributed by atoms with Gasteiger partial charge in [0, 0.05) is 46.8 Å². The molecule has 1 N–H and O–H groups in total. The number of ketones is 1. The Balaban J connectivity index is 1.47. The van der Waals surface area contributed by atoms with Gasteiger partial charge in [-0.2, -0.15) is 8.78 Å². The van der Waals surface area contributed by atoms with E-state index in [1.165, 1.54) is 29.5 Å². The molecule has 1 fully saturated rings. The molecular weight excluding hydrogens is 569 g/mol. The molecule has 1 saturated carbocycles. The third-order valence-corrected chi connectivity index (χ3v) is 9.46. The maximum Gasteiger partial charge on any atom is 0.307 e. The summed E-state index contributed by atoms with van der Waals surface area (Å²) < 4.78 is 43.1. The summed E-state index contributed by atoms with van der Waals surface area (Å²) in [6.45, 7) is 0.621. The number of halogens is 4. The average Bonchev–Trinajstić information content (AvgIpc) is 3.32. The Morgan fingerprint density at radius 3 is 2.29 bits per heavy atom. The van der Waals surface area contributed by atoms with E-state index in [0.29, 0.717) is 39.6 Å². The molecule has 1 amide bonds. The molecule has 9 heteroatoms. The predicted octanol–water partition coefficient (Wildman–Crippen LogP) is 8.37. The number of hydrogen-bond acceptors (Lipinski definition) is 4. The number of carbonyl (C=O) groups is 2. The van der Waals surface area contributed by atoms with Gasteiger partial charge < -0.3 is 10.2 Å². The van der Waals surface area contributed by atoms with E-state index < -0.39 is 17.5 Å². The average molecular weight is 599 g/mol. The number of thiophene rings is 1. The van der Waals surface area contributed by atoms with E-state index in [1.807, 2.05) is 31.3 Å². The van der Waals surface area contributed by atoms with Gasteiger partial charge in [0.2, 0.25) is 5.78 Å². The van der Waals surface area contributed by atoms with Crippen molar-refractivity contribution in [2.24, 2.45) is 0 Å². The van der Waals surface area contributed by atoms with Gasteiger partial charge in [-0.3, -0.25) is 9.59 Å². The highest BCUT2D eigenvalue weighted by molar-refractivity contribution is 7.21. The summed E-state index contributed by atoms with van der Waals surface area (Å²) in [6.07, 6.45) is 3.35. The quantitative estimate of drug-likeness (QED) is 0.207. The summed E-state index contributed by atoms with van der Waals surface area (Å²) in [5, 5.41) is 4.53. The number of nitrogens with zero attached hydrogens (tertiary/aromatic N) is 1. The minimum atomic E-state index is -3.47. The number of Topliss-reactive ketones (excluding diaryl/α,β-unsaturated/α-hetero) is 1. The van der Waals surface area contributed by atoms with Crippen LogP contribution in [0.4, 0.5) is 13.2 Å². The van der Waals surface area contributed by atoms with Crippen molar-refractivity contribution in [2.45, 2.75) is 57.2 Å². The lowest BCUT2D eigenvalue weighted by molar-refractivity contribution is 0.0221. The lowest BCUT2D eigenvalue weighted by atomic mass is 9.89. The van der Waals surface area contributed by atoms with Crippen molar-refractivity contribution in [2.75, 3.05) is 7.05 Å². The van der Waals surface area contributed by atoms with Crippen LogP contribution in [0.5, 0.6) is 0 Å². The van der Waals surface area contributed by atoms with E-state index in [9.17, 15) is 18.4 Å². The topological polar surface area (TPSA) is 49.4 Å². The molecule has 0 saturated heterocycles. The van der Waals surface area contributed by atoms with Crippen LogP contribution in [0.1, 0.15) is 58.2 Å². The van der Waals surface area contributed by atoms with Crippen molar-refractivity contribution in [1.29, 1.82) is 0 Å². The highest BCUT2D eigenvalue weighted by atomic mass is 35.5. The number of nitrogens with one attached hydrogen (secondary N) is 1. The minimum Gasteiger partial charge on any atom is -0.330 e. The third kappa shape index (κ3) is 6.20. The van der Waals surface area contributed by atoms with Gasteiger partial charge in [-0.05, 0) is 62.1 Å². The summed E-state index contributed by atoms with van der Waals surface area (Å²) in [5.74, 6) is -5.40. The number of alkyl halides is 2. The van der Waals surface area contributed by atoms with Gasteiger partial charge in [0.15, 0.2) is 0 Å². The predicted molar refractivity (Wildman–Crippen MR) is 159 cm³/mol. The molecule has 41 heavy (non-hydrogen) atoms. The number of carbonyl (C=O) groups excluding carboxylic acids is 2. The molecule has 0 spiro atoms. The second-order valence-corrected chi connectivity index (χ2v) is 12.0. The molecule has 4 aromatic rings. The SMILES string of the molecule is CNC1CCC(N(Cc2cc(-c3ccc(C(=O)C(C)(F)F)cc3)ccc2F)C(=O)c2sc3ccccc3c2Cl)CC1. The van der Waals surface area contributed by atoms with Crippen molar-refractivity contribution in [1.82, 2.24) is 10.2 Å². The van der Waals surface area contributed by atoms with Crippen molar-refractivity contribution >= 4 is 44.7 Å². The van der Waals surface area contributed by atoms with Crippen LogP contribution in [0.3, 0.4) is 0 Å². The molecule has 0 atom stereocenters. The molecule has 5 rings (SSSR count). The Bertz CT molecular complexity index is 1570. The van der Waals surface area contributed by atoms with Gasteiger partial charge in [0.1, 0.15) is 10.7 Å². The molecule has 1 aliphatic rings. The normalized spacial score (nSPS) is 17.5. The van der Waals surface area contributed by atoms with Crippen LogP contribution in [0.25, 0.3) is 21.2 Å². The van der Waals surface area contributed by atoms with Crippen molar-refractivity contribution in [3.05, 3.63) is 93.6 Å². The zero-order valence-electron chi connectivity index (χ0n) is 22.7. The van der Waals surface area contributed by atoms with Crippen LogP contribution >= 0.6 is 22.9 Å². The highest BCUT2D eigenvalue weighted by Crippen LogP contribution is 2.38. The number of benzene rings is 3. The first-order chi connectivity index (χ1) is 19.6. The number of hydrogen-bond donors (Lipinski definition) is 1. The molecular formula is C32H30ClF3N2O2S. The molecule has 1 aromatic heterocycles. The maximum atomic E-state index is 15.2. The highest BCUT2D eigenvalue weighted by Gasteiger charge is 2.34. The van der Waals surface area contributed by atoms with Crippen LogP contribution < -0.4 is 5.32 Å². The van der Waals surface area contributed by atoms with E-state index in [-0.39, 0.29) is 24.1 Å². The van der Waals surface area contributed by atoms with E-state index in [1.54, 1.807) is 29.2 Å². The van der Waals surface area contributed by atoms with Gasteiger partial charge in [0.25, 0.3) is 5.91 Å². The Morgan fingerprint density at radius 2 is 1.66 bits per heavy atom. The Kier molecular flexibility index (Phi) is 8.55. The van der Waals surface area contributed by atoms with Gasteiger partial charge in [0.05, 0.1) is 5.02 Å². The monoisotopic (exact) mass is 598 g/mol. The van der Waals surface area contributed by atoms with Crippen LogP contribution in [-0.2, 0) is 6.54 Å². The smallest absolute Gasteiger partial charge is 0.307 e. The molecule has 0 bridgehead atoms. The van der Waals surface area contributed by atoms with E-state index in [2.05, 4.69) is 5.32 Å². The lowest BCUT2D eigenvalue weighted by Gasteiger charge is -2.37. The van der Waals surface area contributed by atoms with E-state index >= 15 is 4.39 Å². The summed E-state index contributed by atoms with van der Waals surface area (Å²) >= 11 is 8.03. The fraction of sp³-hybridized carbons (Fsp3) is 0.312. The molecule has 1 aliphatic carbocycles. The van der Waals surface area contributed by atoms with Crippen molar-refractivity contribution in [3.63, 3.8) is 0 Å². The third-order valence-electron chi connectivity index (χ3n) is 7.80. The molecule has 0 radical (unpaired) electrons. The van der Waals surface area contributed by atoms with Crippen molar-refractivity contribution < 1.29 is 22.8 Å². The van der Waals surface area contributed by atoms with Gasteiger partial charge in [-0.25, -0.2) is 4.39 Å². The fourth-order valence-corrected chi connectivity index (χ4v) is 6.92. The molecule has 0 unspecified atom stereocenters.